The number of fused-ring (bicyclic) bond motifs is 1. The second-order valence-electron chi connectivity index (χ2n) is 5.95. The van der Waals surface area contributed by atoms with E-state index in [0.29, 0.717) is 5.69 Å². The van der Waals surface area contributed by atoms with Crippen LogP contribution in [0.5, 0.6) is 0 Å². The molecule has 1 amide bonds. The van der Waals surface area contributed by atoms with E-state index >= 15 is 0 Å². The van der Waals surface area contributed by atoms with Gasteiger partial charge in [0, 0.05) is 35.6 Å². The van der Waals surface area contributed by atoms with E-state index in [9.17, 15) is 4.79 Å². The molecule has 1 N–H and O–H groups in total. The molecule has 0 saturated carbocycles. The van der Waals surface area contributed by atoms with Gasteiger partial charge in [0.2, 0.25) is 0 Å². The summed E-state index contributed by atoms with van der Waals surface area (Å²) in [5, 5.41) is 12.7. The highest BCUT2D eigenvalue weighted by Gasteiger charge is 2.13. The zero-order valence-electron chi connectivity index (χ0n) is 14.4. The Morgan fingerprint density at radius 2 is 1.85 bits per heavy atom. The summed E-state index contributed by atoms with van der Waals surface area (Å²) in [6.45, 7) is 0. The summed E-state index contributed by atoms with van der Waals surface area (Å²) in [6.07, 6.45) is 1.67. The minimum absolute atomic E-state index is 0.127. The highest BCUT2D eigenvalue weighted by atomic mass is 32.2. The number of hydrogen-bond acceptors (Lipinski definition) is 4. The fraction of sp³-hybridized carbons (Fsp3) is 0.105. The molecule has 130 valence electrons. The molecule has 26 heavy (non-hydrogen) atoms. The first-order valence-electron chi connectivity index (χ1n) is 8.09. The smallest absolute Gasteiger partial charge is 0.272 e. The number of nitrogens with zero attached hydrogens (tertiary/aromatic N) is 4. The number of hydrogen-bond donors (Lipinski definition) is 1. The minimum atomic E-state index is -0.127. The molecule has 0 bridgehead atoms. The molecule has 0 aliphatic rings. The molecule has 0 atom stereocenters. The molecule has 0 aliphatic heterocycles. The summed E-state index contributed by atoms with van der Waals surface area (Å²) in [4.78, 5) is 13.7. The van der Waals surface area contributed by atoms with Crippen LogP contribution < -0.4 is 5.32 Å². The Bertz CT molecular complexity index is 1080. The molecule has 0 fully saturated rings. The van der Waals surface area contributed by atoms with Crippen molar-refractivity contribution in [3.63, 3.8) is 0 Å². The van der Waals surface area contributed by atoms with E-state index in [1.807, 2.05) is 77.8 Å². The van der Waals surface area contributed by atoms with E-state index in [1.54, 1.807) is 6.33 Å². The maximum Gasteiger partial charge on any atom is 0.272 e. The van der Waals surface area contributed by atoms with Crippen molar-refractivity contribution in [3.8, 4) is 0 Å². The first-order valence-corrected chi connectivity index (χ1v) is 8.91. The maximum absolute atomic E-state index is 12.6. The van der Waals surface area contributed by atoms with Crippen molar-refractivity contribution in [1.29, 1.82) is 0 Å². The van der Waals surface area contributed by atoms with Crippen molar-refractivity contribution in [2.24, 2.45) is 14.1 Å². The molecule has 2 heterocycles. The van der Waals surface area contributed by atoms with Crippen LogP contribution in [0.3, 0.4) is 0 Å². The molecule has 0 radical (unpaired) electrons. The number of aryl methyl sites for hydroxylation is 2. The van der Waals surface area contributed by atoms with Crippen LogP contribution in [0.25, 0.3) is 10.9 Å². The number of carbonyl (C=O) groups excluding carboxylic acids is 1. The lowest BCUT2D eigenvalue weighted by Gasteiger charge is -2.07. The molecule has 0 saturated heterocycles. The number of para-hydroxylation sites is 1. The largest absolute Gasteiger partial charge is 0.340 e. The van der Waals surface area contributed by atoms with Crippen LogP contribution in [-0.2, 0) is 14.1 Å². The number of amides is 1. The summed E-state index contributed by atoms with van der Waals surface area (Å²) in [7, 11) is 3.80. The minimum Gasteiger partial charge on any atom is -0.340 e. The third kappa shape index (κ3) is 3.09. The van der Waals surface area contributed by atoms with Crippen LogP contribution in [0.2, 0.25) is 0 Å². The molecule has 2 aromatic heterocycles. The molecule has 2 aromatic carbocycles. The van der Waals surface area contributed by atoms with Crippen LogP contribution >= 0.6 is 11.8 Å². The molecule has 0 unspecified atom stereocenters. The van der Waals surface area contributed by atoms with Gasteiger partial charge >= 0.3 is 0 Å². The van der Waals surface area contributed by atoms with Crippen molar-refractivity contribution >= 4 is 34.3 Å². The van der Waals surface area contributed by atoms with Gasteiger partial charge in [-0.2, -0.15) is 0 Å². The van der Waals surface area contributed by atoms with Gasteiger partial charge in [-0.05, 0) is 48.2 Å². The third-order valence-electron chi connectivity index (χ3n) is 4.18. The second kappa shape index (κ2) is 6.68. The fourth-order valence-corrected chi connectivity index (χ4v) is 3.54. The van der Waals surface area contributed by atoms with Gasteiger partial charge in [0.25, 0.3) is 5.91 Å². The van der Waals surface area contributed by atoms with E-state index in [2.05, 4.69) is 15.5 Å². The van der Waals surface area contributed by atoms with Crippen molar-refractivity contribution in [2.75, 3.05) is 5.32 Å². The second-order valence-corrected chi connectivity index (χ2v) is 6.99. The molecule has 4 aromatic rings. The van der Waals surface area contributed by atoms with Gasteiger partial charge in [-0.1, -0.05) is 18.2 Å². The van der Waals surface area contributed by atoms with Gasteiger partial charge in [-0.3, -0.25) is 4.79 Å². The first-order chi connectivity index (χ1) is 12.6. The normalized spacial score (nSPS) is 11.0. The average Bonchev–Trinajstić information content (AvgIpc) is 3.20. The van der Waals surface area contributed by atoms with Crippen LogP contribution in [0, 0.1) is 0 Å². The summed E-state index contributed by atoms with van der Waals surface area (Å²) >= 11 is 1.52. The molecule has 7 heteroatoms. The zero-order valence-corrected chi connectivity index (χ0v) is 15.2. The molecular formula is C19H17N5OS. The van der Waals surface area contributed by atoms with Gasteiger partial charge in [0.15, 0.2) is 5.16 Å². The number of benzene rings is 2. The number of carbonyl (C=O) groups is 1. The maximum atomic E-state index is 12.6. The summed E-state index contributed by atoms with van der Waals surface area (Å²) in [5.74, 6) is -0.127. The van der Waals surface area contributed by atoms with E-state index in [0.717, 1.165) is 26.6 Å². The van der Waals surface area contributed by atoms with Crippen molar-refractivity contribution in [3.05, 3.63) is 66.6 Å². The number of aromatic nitrogens is 4. The standard InChI is InChI=1S/C19H17N5OS/c1-23-12-20-22-19(23)26-15-9-7-14(8-10-15)21-18(25)17-11-13-5-3-4-6-16(13)24(17)2/h3-12H,1-2H3,(H,21,25). The SMILES string of the molecule is Cn1cnnc1Sc1ccc(NC(=O)c2cc3ccccc3n2C)cc1. The lowest BCUT2D eigenvalue weighted by molar-refractivity contribution is 0.102. The quantitative estimate of drug-likeness (QED) is 0.600. The van der Waals surface area contributed by atoms with Gasteiger partial charge in [-0.15, -0.1) is 10.2 Å². The van der Waals surface area contributed by atoms with Crippen LogP contribution in [0.1, 0.15) is 10.5 Å². The monoisotopic (exact) mass is 363 g/mol. The fourth-order valence-electron chi connectivity index (χ4n) is 2.78. The predicted molar refractivity (Wildman–Crippen MR) is 102 cm³/mol. The average molecular weight is 363 g/mol. The van der Waals surface area contributed by atoms with Crippen molar-refractivity contribution in [2.45, 2.75) is 10.1 Å². The molecule has 4 rings (SSSR count). The highest BCUT2D eigenvalue weighted by molar-refractivity contribution is 7.99. The Hall–Kier alpha value is -3.06. The van der Waals surface area contributed by atoms with Crippen LogP contribution in [-0.4, -0.2) is 25.2 Å². The number of anilines is 1. The van der Waals surface area contributed by atoms with E-state index in [4.69, 9.17) is 0 Å². The van der Waals surface area contributed by atoms with E-state index in [-0.39, 0.29) is 5.91 Å². The van der Waals surface area contributed by atoms with Crippen LogP contribution in [0.15, 0.2) is 71.0 Å². The summed E-state index contributed by atoms with van der Waals surface area (Å²) in [6, 6.07) is 17.5. The summed E-state index contributed by atoms with van der Waals surface area (Å²) in [5.41, 5.74) is 2.42. The molecule has 6 nitrogen and oxygen atoms in total. The van der Waals surface area contributed by atoms with Gasteiger partial charge in [-0.25, -0.2) is 0 Å². The Morgan fingerprint density at radius 3 is 2.54 bits per heavy atom. The van der Waals surface area contributed by atoms with Gasteiger partial charge in [0.1, 0.15) is 12.0 Å². The first kappa shape index (κ1) is 16.4. The summed E-state index contributed by atoms with van der Waals surface area (Å²) < 4.78 is 3.77. The number of nitrogens with one attached hydrogen (secondary N) is 1. The lowest BCUT2D eigenvalue weighted by Crippen LogP contribution is -2.15. The van der Waals surface area contributed by atoms with Crippen molar-refractivity contribution < 1.29 is 4.79 Å². The Kier molecular flexibility index (Phi) is 4.22. The van der Waals surface area contributed by atoms with Crippen LogP contribution in [0.4, 0.5) is 5.69 Å². The predicted octanol–water partition coefficient (Wildman–Crippen LogP) is 3.71. The van der Waals surface area contributed by atoms with Gasteiger partial charge < -0.3 is 14.5 Å². The topological polar surface area (TPSA) is 64.7 Å². The molecule has 0 spiro atoms. The van der Waals surface area contributed by atoms with Gasteiger partial charge in [0.05, 0.1) is 0 Å². The van der Waals surface area contributed by atoms with E-state index in [1.165, 1.54) is 11.8 Å². The Morgan fingerprint density at radius 1 is 1.08 bits per heavy atom. The highest BCUT2D eigenvalue weighted by Crippen LogP contribution is 2.26. The molecular weight excluding hydrogens is 346 g/mol. The Balaban J connectivity index is 1.50. The third-order valence-corrected chi connectivity index (χ3v) is 5.24. The van der Waals surface area contributed by atoms with Crippen molar-refractivity contribution in [1.82, 2.24) is 19.3 Å². The van der Waals surface area contributed by atoms with E-state index < -0.39 is 0 Å². The number of rotatable bonds is 4. The molecule has 0 aliphatic carbocycles. The zero-order chi connectivity index (χ0) is 18.1. The lowest BCUT2D eigenvalue weighted by atomic mass is 10.2. The Labute approximate surface area is 154 Å².